The van der Waals surface area contributed by atoms with Gasteiger partial charge in [-0.25, -0.2) is 8.78 Å². The van der Waals surface area contributed by atoms with Crippen LogP contribution in [0.25, 0.3) is 11.1 Å². The molecule has 2 aromatic rings. The molecule has 0 aliphatic carbocycles. The van der Waals surface area contributed by atoms with Crippen molar-refractivity contribution in [2.75, 3.05) is 0 Å². The van der Waals surface area contributed by atoms with E-state index in [2.05, 4.69) is 5.32 Å². The van der Waals surface area contributed by atoms with E-state index < -0.39 is 11.6 Å². The number of rotatable bonds is 4. The Hall–Kier alpha value is -1.45. The number of nitrogens with one attached hydrogen (secondary N) is 1. The van der Waals surface area contributed by atoms with Crippen molar-refractivity contribution in [1.82, 2.24) is 5.32 Å². The molecule has 1 nitrogen and oxygen atoms in total. The monoisotopic (exact) mass is 295 g/mol. The number of hydrogen-bond donors (Lipinski definition) is 1. The molecule has 0 radical (unpaired) electrons. The van der Waals surface area contributed by atoms with Crippen LogP contribution >= 0.6 is 11.6 Å². The summed E-state index contributed by atoms with van der Waals surface area (Å²) in [4.78, 5) is 0. The molecule has 0 spiro atoms. The van der Waals surface area contributed by atoms with Gasteiger partial charge in [-0.05, 0) is 35.4 Å². The van der Waals surface area contributed by atoms with Crippen molar-refractivity contribution < 1.29 is 8.78 Å². The predicted octanol–water partition coefficient (Wildman–Crippen LogP) is 4.78. The van der Waals surface area contributed by atoms with E-state index in [1.165, 1.54) is 12.1 Å². The lowest BCUT2D eigenvalue weighted by Gasteiger charge is -2.14. The van der Waals surface area contributed by atoms with Crippen LogP contribution in [-0.4, -0.2) is 6.04 Å². The van der Waals surface area contributed by atoms with E-state index in [-0.39, 0.29) is 0 Å². The highest BCUT2D eigenvalue weighted by Gasteiger charge is 2.11. The summed E-state index contributed by atoms with van der Waals surface area (Å²) in [6, 6.07) is 9.22. The first-order valence-electron chi connectivity index (χ1n) is 6.44. The maximum absolute atomic E-state index is 13.9. The molecule has 0 fully saturated rings. The average molecular weight is 296 g/mol. The van der Waals surface area contributed by atoms with Crippen LogP contribution in [0.2, 0.25) is 5.02 Å². The molecular formula is C16H16ClF2N. The molecule has 0 amide bonds. The zero-order chi connectivity index (χ0) is 14.7. The van der Waals surface area contributed by atoms with E-state index in [0.717, 1.165) is 11.6 Å². The molecule has 0 aliphatic rings. The molecule has 0 bridgehead atoms. The maximum atomic E-state index is 13.9. The minimum Gasteiger partial charge on any atom is -0.310 e. The first-order chi connectivity index (χ1) is 9.47. The maximum Gasteiger partial charge on any atom is 0.133 e. The lowest BCUT2D eigenvalue weighted by molar-refractivity contribution is 0.583. The Kier molecular flexibility index (Phi) is 4.73. The van der Waals surface area contributed by atoms with Gasteiger partial charge in [0.15, 0.2) is 0 Å². The van der Waals surface area contributed by atoms with Crippen molar-refractivity contribution in [2.45, 2.75) is 26.4 Å². The van der Waals surface area contributed by atoms with Crippen molar-refractivity contribution in [2.24, 2.45) is 0 Å². The summed E-state index contributed by atoms with van der Waals surface area (Å²) >= 11 is 6.00. The van der Waals surface area contributed by atoms with Gasteiger partial charge in [0.05, 0.1) is 0 Å². The van der Waals surface area contributed by atoms with Crippen LogP contribution in [0.4, 0.5) is 8.78 Å². The van der Waals surface area contributed by atoms with Crippen molar-refractivity contribution in [3.63, 3.8) is 0 Å². The van der Waals surface area contributed by atoms with E-state index in [1.807, 2.05) is 19.9 Å². The van der Waals surface area contributed by atoms with Crippen LogP contribution in [0.3, 0.4) is 0 Å². The van der Waals surface area contributed by atoms with Crippen molar-refractivity contribution in [1.29, 1.82) is 0 Å². The molecule has 0 unspecified atom stereocenters. The second-order valence-corrected chi connectivity index (χ2v) is 5.40. The van der Waals surface area contributed by atoms with E-state index in [1.54, 1.807) is 12.1 Å². The van der Waals surface area contributed by atoms with E-state index in [4.69, 9.17) is 11.6 Å². The summed E-state index contributed by atoms with van der Waals surface area (Å²) in [6.07, 6.45) is 0. The Morgan fingerprint density at radius 2 is 1.80 bits per heavy atom. The molecular weight excluding hydrogens is 280 g/mol. The predicted molar refractivity (Wildman–Crippen MR) is 78.8 cm³/mol. The topological polar surface area (TPSA) is 12.0 Å². The largest absolute Gasteiger partial charge is 0.310 e. The molecule has 0 heterocycles. The molecule has 0 saturated heterocycles. The van der Waals surface area contributed by atoms with Gasteiger partial charge in [-0.3, -0.25) is 0 Å². The molecule has 0 atom stereocenters. The van der Waals surface area contributed by atoms with Crippen LogP contribution in [0.5, 0.6) is 0 Å². The molecule has 0 aliphatic heterocycles. The van der Waals surface area contributed by atoms with Crippen LogP contribution < -0.4 is 5.32 Å². The highest BCUT2D eigenvalue weighted by atomic mass is 35.5. The second-order valence-electron chi connectivity index (χ2n) is 4.96. The molecule has 106 valence electrons. The Balaban J connectivity index is 2.45. The highest BCUT2D eigenvalue weighted by Crippen LogP contribution is 2.29. The summed E-state index contributed by atoms with van der Waals surface area (Å²) in [5, 5.41) is 3.81. The number of hydrogen-bond acceptors (Lipinski definition) is 1. The second kappa shape index (κ2) is 6.33. The van der Waals surface area contributed by atoms with Crippen LogP contribution in [0, 0.1) is 11.6 Å². The molecule has 0 aromatic heterocycles. The molecule has 2 rings (SSSR count). The lowest BCUT2D eigenvalue weighted by atomic mass is 9.99. The van der Waals surface area contributed by atoms with Crippen LogP contribution in [0.15, 0.2) is 36.4 Å². The summed E-state index contributed by atoms with van der Waals surface area (Å²) in [5.41, 5.74) is 1.96. The Bertz CT molecular complexity index is 611. The standard InChI is InChI=1S/C16H16ClF2N/c1-10(2)20-9-11-3-4-12(17)7-15(11)14-6-5-13(18)8-16(14)19/h3-8,10,20H,9H2,1-2H3. The summed E-state index contributed by atoms with van der Waals surface area (Å²) < 4.78 is 27.0. The third-order valence-electron chi connectivity index (χ3n) is 2.99. The van der Waals surface area contributed by atoms with Gasteiger partial charge in [0.2, 0.25) is 0 Å². The van der Waals surface area contributed by atoms with Crippen LogP contribution in [0.1, 0.15) is 19.4 Å². The highest BCUT2D eigenvalue weighted by molar-refractivity contribution is 6.30. The first-order valence-corrected chi connectivity index (χ1v) is 6.82. The van der Waals surface area contributed by atoms with Gasteiger partial charge in [0.25, 0.3) is 0 Å². The quantitative estimate of drug-likeness (QED) is 0.855. The Morgan fingerprint density at radius 1 is 1.05 bits per heavy atom. The normalized spacial score (nSPS) is 11.1. The lowest BCUT2D eigenvalue weighted by Crippen LogP contribution is -2.22. The number of benzene rings is 2. The molecule has 2 aromatic carbocycles. The fourth-order valence-electron chi connectivity index (χ4n) is 1.98. The van der Waals surface area contributed by atoms with Crippen molar-refractivity contribution in [3.05, 3.63) is 58.6 Å². The molecule has 20 heavy (non-hydrogen) atoms. The third-order valence-corrected chi connectivity index (χ3v) is 3.23. The number of halogens is 3. The minimum atomic E-state index is -0.588. The fraction of sp³-hybridized carbons (Fsp3) is 0.250. The fourth-order valence-corrected chi connectivity index (χ4v) is 2.15. The average Bonchev–Trinajstić information content (AvgIpc) is 2.37. The summed E-state index contributed by atoms with van der Waals surface area (Å²) in [5.74, 6) is -1.17. The van der Waals surface area contributed by atoms with Gasteiger partial charge in [-0.1, -0.05) is 31.5 Å². The van der Waals surface area contributed by atoms with Gasteiger partial charge in [-0.2, -0.15) is 0 Å². The smallest absolute Gasteiger partial charge is 0.133 e. The van der Waals surface area contributed by atoms with E-state index in [0.29, 0.717) is 28.7 Å². The zero-order valence-electron chi connectivity index (χ0n) is 11.4. The van der Waals surface area contributed by atoms with Gasteiger partial charge in [-0.15, -0.1) is 0 Å². The van der Waals surface area contributed by atoms with E-state index in [9.17, 15) is 8.78 Å². The summed E-state index contributed by atoms with van der Waals surface area (Å²) in [7, 11) is 0. The molecule has 4 heteroatoms. The van der Waals surface area contributed by atoms with E-state index >= 15 is 0 Å². The van der Waals surface area contributed by atoms with Gasteiger partial charge < -0.3 is 5.32 Å². The molecule has 0 saturated carbocycles. The Morgan fingerprint density at radius 3 is 2.45 bits per heavy atom. The third kappa shape index (κ3) is 3.56. The summed E-state index contributed by atoms with van der Waals surface area (Å²) in [6.45, 7) is 4.67. The van der Waals surface area contributed by atoms with Crippen molar-refractivity contribution in [3.8, 4) is 11.1 Å². The SMILES string of the molecule is CC(C)NCc1ccc(Cl)cc1-c1ccc(F)cc1F. The molecule has 1 N–H and O–H groups in total. The Labute approximate surface area is 122 Å². The minimum absolute atomic E-state index is 0.316. The van der Waals surface area contributed by atoms with Gasteiger partial charge >= 0.3 is 0 Å². The van der Waals surface area contributed by atoms with Gasteiger partial charge in [0, 0.05) is 29.2 Å². The zero-order valence-corrected chi connectivity index (χ0v) is 12.1. The first kappa shape index (κ1) is 14.9. The van der Waals surface area contributed by atoms with Gasteiger partial charge in [0.1, 0.15) is 11.6 Å². The van der Waals surface area contributed by atoms with Crippen LogP contribution in [-0.2, 0) is 6.54 Å². The van der Waals surface area contributed by atoms with Crippen molar-refractivity contribution >= 4 is 11.6 Å².